The first-order chi connectivity index (χ1) is 23.5. The Bertz CT molecular complexity index is 1240. The first-order valence-corrected chi connectivity index (χ1v) is 17.9. The van der Waals surface area contributed by atoms with Gasteiger partial charge in [-0.2, -0.15) is 0 Å². The van der Waals surface area contributed by atoms with Crippen LogP contribution in [0.2, 0.25) is 0 Å². The molecule has 0 aromatic rings. The van der Waals surface area contributed by atoms with Crippen LogP contribution in [-0.2, 0) is 28.5 Å². The van der Waals surface area contributed by atoms with Crippen LogP contribution in [-0.4, -0.2) is 124 Å². The van der Waals surface area contributed by atoms with Crippen molar-refractivity contribution in [2.45, 2.75) is 148 Å². The summed E-state index contributed by atoms with van der Waals surface area (Å²) in [6.07, 6.45) is 6.52. The SMILES string of the molecule is C.CC[C@H](O)[C@@H](C)[C@H]1O[C@@H]1C[C@@](C)(O)/C=C/C=C(\C)[C@H]1OC(=O)C[C@H](O)CC[C@@](C)(OC)[C@@H](OC(=O)N2CCNC(CCC(=O)O)C2)/C=C/[C@@H]1C. The molecule has 0 saturated carbocycles. The van der Waals surface area contributed by atoms with Crippen LogP contribution in [0.1, 0.15) is 93.9 Å². The summed E-state index contributed by atoms with van der Waals surface area (Å²) in [5.41, 5.74) is -1.50. The number of aliphatic hydroxyl groups excluding tert-OH is 2. The van der Waals surface area contributed by atoms with Crippen LogP contribution >= 0.6 is 0 Å². The molecule has 3 aliphatic rings. The standard InChI is InChI=1S/C37H60N2O11.CH4/c1-8-28(41)25(4)34-29(48-34)21-36(5,46)16-9-10-23(2)33-24(3)11-13-30(37(6,47-7)17-15-27(40)20-32(44)50-33)49-35(45)39-19-18-38-26(22-39)12-14-31(42)43;/h9-11,13,16,24-30,33-34,38,40-41,46H,8,12,14-15,17-22H2,1-7H3,(H,42,43);1H4/b13-11+,16-9+,23-10+;/t24-,25+,26?,27+,28-,29+,30-,33+,34+,36-,37+;/m0./s1. The highest BCUT2D eigenvalue weighted by Crippen LogP contribution is 2.37. The number of rotatable bonds is 13. The molecule has 3 rings (SSSR count). The molecule has 292 valence electrons. The summed E-state index contributed by atoms with van der Waals surface area (Å²) >= 11 is 0. The number of ether oxygens (including phenoxy) is 4. The van der Waals surface area contributed by atoms with Crippen LogP contribution in [0.4, 0.5) is 4.79 Å². The summed E-state index contributed by atoms with van der Waals surface area (Å²) in [6.45, 7) is 12.3. The second kappa shape index (κ2) is 19.9. The lowest BCUT2D eigenvalue weighted by Crippen LogP contribution is -2.54. The predicted molar refractivity (Wildman–Crippen MR) is 193 cm³/mol. The topological polar surface area (TPSA) is 188 Å². The van der Waals surface area contributed by atoms with Gasteiger partial charge in [0, 0.05) is 57.5 Å². The molecule has 51 heavy (non-hydrogen) atoms. The number of esters is 1. The third kappa shape index (κ3) is 13.6. The van der Waals surface area contributed by atoms with Crippen molar-refractivity contribution in [2.24, 2.45) is 11.8 Å². The Balaban J connectivity index is 0.00000901. The summed E-state index contributed by atoms with van der Waals surface area (Å²) in [7, 11) is 1.51. The maximum Gasteiger partial charge on any atom is 0.410 e. The van der Waals surface area contributed by atoms with E-state index in [1.54, 1.807) is 43.1 Å². The highest BCUT2D eigenvalue weighted by Gasteiger charge is 2.47. The Kier molecular flexibility index (Phi) is 17.3. The lowest BCUT2D eigenvalue weighted by Gasteiger charge is -2.38. The third-order valence-electron chi connectivity index (χ3n) is 10.3. The number of carbonyl (C=O) groups is 3. The van der Waals surface area contributed by atoms with Crippen LogP contribution in [0.5, 0.6) is 0 Å². The lowest BCUT2D eigenvalue weighted by atomic mass is 9.88. The minimum absolute atomic E-state index is 0. The molecule has 0 aliphatic carbocycles. The van der Waals surface area contributed by atoms with Crippen LogP contribution in [0.25, 0.3) is 0 Å². The van der Waals surface area contributed by atoms with E-state index in [0.717, 1.165) is 0 Å². The van der Waals surface area contributed by atoms with E-state index >= 15 is 0 Å². The smallest absolute Gasteiger partial charge is 0.410 e. The van der Waals surface area contributed by atoms with E-state index < -0.39 is 53.6 Å². The zero-order valence-corrected chi connectivity index (χ0v) is 30.7. The fraction of sp³-hybridized carbons (Fsp3) is 0.763. The average Bonchev–Trinajstić information content (AvgIpc) is 3.83. The van der Waals surface area contributed by atoms with Gasteiger partial charge in [-0.3, -0.25) is 9.59 Å². The molecule has 5 N–H and O–H groups in total. The van der Waals surface area contributed by atoms with E-state index in [0.29, 0.717) is 44.5 Å². The number of hydrogen-bond donors (Lipinski definition) is 5. The minimum atomic E-state index is -1.17. The molecular formula is C38H64N2O11. The number of aliphatic carboxylic acids is 1. The Morgan fingerprint density at radius 2 is 2.00 bits per heavy atom. The van der Waals surface area contributed by atoms with Gasteiger partial charge in [-0.25, -0.2) is 4.79 Å². The van der Waals surface area contributed by atoms with Crippen molar-refractivity contribution in [3.05, 3.63) is 36.0 Å². The maximum absolute atomic E-state index is 13.5. The summed E-state index contributed by atoms with van der Waals surface area (Å²) in [5, 5.41) is 44.3. The average molecular weight is 725 g/mol. The van der Waals surface area contributed by atoms with E-state index in [1.807, 2.05) is 33.8 Å². The van der Waals surface area contributed by atoms with Crippen LogP contribution in [0, 0.1) is 11.8 Å². The predicted octanol–water partition coefficient (Wildman–Crippen LogP) is 4.14. The van der Waals surface area contributed by atoms with Crippen molar-refractivity contribution in [3.63, 3.8) is 0 Å². The van der Waals surface area contributed by atoms with Gasteiger partial charge >= 0.3 is 18.0 Å². The van der Waals surface area contributed by atoms with Crippen molar-refractivity contribution in [1.82, 2.24) is 10.2 Å². The molecule has 3 heterocycles. The van der Waals surface area contributed by atoms with Crippen molar-refractivity contribution >= 4 is 18.0 Å². The Morgan fingerprint density at radius 3 is 2.65 bits per heavy atom. The highest BCUT2D eigenvalue weighted by atomic mass is 16.6. The maximum atomic E-state index is 13.5. The Hall–Kier alpha value is -2.81. The summed E-state index contributed by atoms with van der Waals surface area (Å²) < 4.78 is 23.6. The van der Waals surface area contributed by atoms with Gasteiger partial charge < -0.3 is 49.6 Å². The van der Waals surface area contributed by atoms with Crippen molar-refractivity contribution in [1.29, 1.82) is 0 Å². The van der Waals surface area contributed by atoms with Crippen LogP contribution in [0.15, 0.2) is 36.0 Å². The fourth-order valence-corrected chi connectivity index (χ4v) is 6.67. The van der Waals surface area contributed by atoms with Gasteiger partial charge in [-0.05, 0) is 58.1 Å². The second-order valence-electron chi connectivity index (χ2n) is 14.7. The summed E-state index contributed by atoms with van der Waals surface area (Å²) in [4.78, 5) is 39.0. The normalized spacial score (nSPS) is 33.8. The van der Waals surface area contributed by atoms with E-state index in [2.05, 4.69) is 5.32 Å². The number of cyclic esters (lactones) is 1. The van der Waals surface area contributed by atoms with E-state index in [9.17, 15) is 29.7 Å². The zero-order chi connectivity index (χ0) is 37.2. The molecule has 0 aromatic heterocycles. The number of allylic oxidation sites excluding steroid dienone is 2. The number of epoxide rings is 1. The van der Waals surface area contributed by atoms with Crippen molar-refractivity contribution < 1.29 is 53.8 Å². The largest absolute Gasteiger partial charge is 0.481 e. The van der Waals surface area contributed by atoms with Gasteiger partial charge in [0.25, 0.3) is 0 Å². The molecular weight excluding hydrogens is 660 g/mol. The van der Waals surface area contributed by atoms with Crippen molar-refractivity contribution in [3.8, 4) is 0 Å². The molecule has 2 fully saturated rings. The zero-order valence-electron chi connectivity index (χ0n) is 30.7. The van der Waals surface area contributed by atoms with Crippen LogP contribution in [0.3, 0.4) is 0 Å². The lowest BCUT2D eigenvalue weighted by molar-refractivity contribution is -0.151. The molecule has 0 bridgehead atoms. The molecule has 3 aliphatic heterocycles. The number of carboxylic acid groups (broad SMARTS) is 1. The molecule has 0 radical (unpaired) electrons. The Labute approximate surface area is 304 Å². The van der Waals surface area contributed by atoms with Gasteiger partial charge in [-0.1, -0.05) is 52.5 Å². The number of aliphatic hydroxyl groups is 3. The molecule has 11 atom stereocenters. The Morgan fingerprint density at radius 1 is 1.29 bits per heavy atom. The number of nitrogens with one attached hydrogen (secondary N) is 1. The van der Waals surface area contributed by atoms with E-state index in [-0.39, 0.29) is 63.2 Å². The van der Waals surface area contributed by atoms with E-state index in [1.165, 1.54) is 7.11 Å². The van der Waals surface area contributed by atoms with Crippen molar-refractivity contribution in [2.75, 3.05) is 26.7 Å². The fourth-order valence-electron chi connectivity index (χ4n) is 6.67. The molecule has 2 saturated heterocycles. The molecule has 1 unspecified atom stereocenters. The molecule has 0 spiro atoms. The molecule has 1 amide bonds. The number of methoxy groups -OCH3 is 1. The van der Waals surface area contributed by atoms with Gasteiger partial charge in [-0.15, -0.1) is 0 Å². The first-order valence-electron chi connectivity index (χ1n) is 17.9. The first kappa shape index (κ1) is 44.4. The quantitative estimate of drug-likeness (QED) is 0.0792. The third-order valence-corrected chi connectivity index (χ3v) is 10.3. The second-order valence-corrected chi connectivity index (χ2v) is 14.7. The van der Waals surface area contributed by atoms with Crippen LogP contribution < -0.4 is 5.32 Å². The molecule has 13 heteroatoms. The number of hydrogen-bond acceptors (Lipinski definition) is 11. The van der Waals surface area contributed by atoms with Gasteiger partial charge in [0.15, 0.2) is 6.10 Å². The number of carbonyl (C=O) groups excluding carboxylic acids is 2. The van der Waals surface area contributed by atoms with E-state index in [4.69, 9.17) is 24.1 Å². The molecule has 0 aromatic carbocycles. The summed E-state index contributed by atoms with van der Waals surface area (Å²) in [5.74, 6) is -1.85. The highest BCUT2D eigenvalue weighted by molar-refractivity contribution is 5.70. The van der Waals surface area contributed by atoms with Gasteiger partial charge in [0.2, 0.25) is 0 Å². The number of carboxylic acids is 1. The minimum Gasteiger partial charge on any atom is -0.481 e. The summed E-state index contributed by atoms with van der Waals surface area (Å²) in [6, 6.07) is -0.173. The van der Waals surface area contributed by atoms with Gasteiger partial charge in [0.1, 0.15) is 11.7 Å². The number of nitrogens with zero attached hydrogens (tertiary/aromatic N) is 1. The molecule has 13 nitrogen and oxygen atoms in total. The monoisotopic (exact) mass is 724 g/mol. The van der Waals surface area contributed by atoms with Gasteiger partial charge in [0.05, 0.1) is 36.4 Å². The number of piperazine rings is 1. The number of amides is 1.